The SMILES string of the molecule is COC(=O)COc1ccc(SC(F)(F)F)cc1. The molecule has 0 radical (unpaired) electrons. The van der Waals surface area contributed by atoms with Crippen molar-refractivity contribution in [1.29, 1.82) is 0 Å². The van der Waals surface area contributed by atoms with Gasteiger partial charge in [0, 0.05) is 4.90 Å². The van der Waals surface area contributed by atoms with E-state index in [1.54, 1.807) is 0 Å². The highest BCUT2D eigenvalue weighted by Crippen LogP contribution is 2.37. The van der Waals surface area contributed by atoms with E-state index >= 15 is 0 Å². The number of carbonyl (C=O) groups is 1. The molecular weight excluding hydrogens is 257 g/mol. The first kappa shape index (κ1) is 13.7. The number of thioether (sulfide) groups is 1. The van der Waals surface area contributed by atoms with Crippen molar-refractivity contribution in [3.63, 3.8) is 0 Å². The molecule has 0 spiro atoms. The summed E-state index contributed by atoms with van der Waals surface area (Å²) >= 11 is -0.209. The first-order valence-electron chi connectivity index (χ1n) is 4.46. The summed E-state index contributed by atoms with van der Waals surface area (Å²) in [5.41, 5.74) is -4.31. The third kappa shape index (κ3) is 5.48. The Bertz CT molecular complexity index is 375. The fraction of sp³-hybridized carbons (Fsp3) is 0.300. The second-order valence-electron chi connectivity index (χ2n) is 2.88. The van der Waals surface area contributed by atoms with Crippen LogP contribution in [0, 0.1) is 0 Å². The van der Waals surface area contributed by atoms with E-state index in [4.69, 9.17) is 4.74 Å². The van der Waals surface area contributed by atoms with E-state index in [1.807, 2.05) is 0 Å². The zero-order valence-corrected chi connectivity index (χ0v) is 9.60. The summed E-state index contributed by atoms with van der Waals surface area (Å²) in [6.45, 7) is -0.276. The minimum Gasteiger partial charge on any atom is -0.482 e. The number of alkyl halides is 3. The van der Waals surface area contributed by atoms with Gasteiger partial charge in [-0.05, 0) is 36.0 Å². The van der Waals surface area contributed by atoms with E-state index in [0.29, 0.717) is 5.75 Å². The molecule has 0 saturated carbocycles. The number of hydrogen-bond donors (Lipinski definition) is 0. The summed E-state index contributed by atoms with van der Waals surface area (Å²) in [5.74, 6) is -0.249. The van der Waals surface area contributed by atoms with Crippen molar-refractivity contribution >= 4 is 17.7 Å². The molecule has 0 aliphatic carbocycles. The van der Waals surface area contributed by atoms with Crippen LogP contribution in [0.3, 0.4) is 0 Å². The highest BCUT2D eigenvalue weighted by Gasteiger charge is 2.28. The Labute approximate surface area is 99.9 Å². The van der Waals surface area contributed by atoms with Crippen LogP contribution in [0.15, 0.2) is 29.2 Å². The number of hydrogen-bond acceptors (Lipinski definition) is 4. The molecule has 0 N–H and O–H groups in total. The molecule has 0 aromatic heterocycles. The largest absolute Gasteiger partial charge is 0.482 e. The van der Waals surface area contributed by atoms with Crippen molar-refractivity contribution in [1.82, 2.24) is 0 Å². The van der Waals surface area contributed by atoms with Gasteiger partial charge in [0.1, 0.15) is 5.75 Å². The number of benzene rings is 1. The van der Waals surface area contributed by atoms with Crippen molar-refractivity contribution in [2.75, 3.05) is 13.7 Å². The summed E-state index contributed by atoms with van der Waals surface area (Å²) in [6.07, 6.45) is 0. The quantitative estimate of drug-likeness (QED) is 0.620. The predicted octanol–water partition coefficient (Wildman–Crippen LogP) is 2.85. The van der Waals surface area contributed by atoms with E-state index in [9.17, 15) is 18.0 Å². The molecule has 0 fully saturated rings. The lowest BCUT2D eigenvalue weighted by Crippen LogP contribution is -2.12. The topological polar surface area (TPSA) is 35.5 Å². The highest BCUT2D eigenvalue weighted by atomic mass is 32.2. The van der Waals surface area contributed by atoms with Gasteiger partial charge in [-0.25, -0.2) is 4.79 Å². The van der Waals surface area contributed by atoms with Gasteiger partial charge in [-0.15, -0.1) is 0 Å². The van der Waals surface area contributed by atoms with Gasteiger partial charge in [-0.3, -0.25) is 0 Å². The lowest BCUT2D eigenvalue weighted by atomic mass is 10.3. The summed E-state index contributed by atoms with van der Waals surface area (Å²) in [4.78, 5) is 10.8. The van der Waals surface area contributed by atoms with Crippen molar-refractivity contribution in [3.05, 3.63) is 24.3 Å². The molecule has 0 atom stereocenters. The second-order valence-corrected chi connectivity index (χ2v) is 4.02. The summed E-state index contributed by atoms with van der Waals surface area (Å²) in [7, 11) is 1.22. The maximum Gasteiger partial charge on any atom is 0.446 e. The van der Waals surface area contributed by atoms with Crippen LogP contribution in [0.25, 0.3) is 0 Å². The van der Waals surface area contributed by atoms with Crippen LogP contribution in [0.4, 0.5) is 13.2 Å². The molecule has 0 aliphatic heterocycles. The van der Waals surface area contributed by atoms with Gasteiger partial charge in [-0.2, -0.15) is 13.2 Å². The maximum atomic E-state index is 12.0. The second kappa shape index (κ2) is 5.81. The third-order valence-electron chi connectivity index (χ3n) is 1.64. The zero-order chi connectivity index (χ0) is 12.9. The number of ether oxygens (including phenoxy) is 2. The smallest absolute Gasteiger partial charge is 0.446 e. The number of rotatable bonds is 4. The average Bonchev–Trinajstić information content (AvgIpc) is 2.25. The minimum atomic E-state index is -4.31. The number of carbonyl (C=O) groups excluding carboxylic acids is 1. The van der Waals surface area contributed by atoms with Crippen LogP contribution in [0.2, 0.25) is 0 Å². The van der Waals surface area contributed by atoms with Crippen LogP contribution in [-0.4, -0.2) is 25.2 Å². The van der Waals surface area contributed by atoms with E-state index in [2.05, 4.69) is 4.74 Å². The average molecular weight is 266 g/mol. The molecule has 1 aromatic carbocycles. The molecule has 0 saturated heterocycles. The summed E-state index contributed by atoms with van der Waals surface area (Å²) < 4.78 is 45.4. The molecule has 17 heavy (non-hydrogen) atoms. The summed E-state index contributed by atoms with van der Waals surface area (Å²) in [5, 5.41) is 0. The molecule has 7 heteroatoms. The molecule has 1 aromatic rings. The monoisotopic (exact) mass is 266 g/mol. The molecule has 0 heterocycles. The van der Waals surface area contributed by atoms with Crippen molar-refractivity contribution in [3.8, 4) is 5.75 Å². The Hall–Kier alpha value is -1.37. The minimum absolute atomic E-state index is 0.0583. The Kier molecular flexibility index (Phi) is 4.68. The zero-order valence-electron chi connectivity index (χ0n) is 8.78. The van der Waals surface area contributed by atoms with Gasteiger partial charge in [-0.1, -0.05) is 0 Å². The Morgan fingerprint density at radius 1 is 1.29 bits per heavy atom. The van der Waals surface area contributed by atoms with Crippen molar-refractivity contribution in [2.24, 2.45) is 0 Å². The fourth-order valence-corrected chi connectivity index (χ4v) is 1.48. The first-order valence-corrected chi connectivity index (χ1v) is 5.28. The van der Waals surface area contributed by atoms with Crippen LogP contribution in [0.1, 0.15) is 0 Å². The Morgan fingerprint density at radius 3 is 2.35 bits per heavy atom. The predicted molar refractivity (Wildman–Crippen MR) is 55.9 cm³/mol. The van der Waals surface area contributed by atoms with Gasteiger partial charge >= 0.3 is 11.5 Å². The van der Waals surface area contributed by atoms with Gasteiger partial charge in [0.2, 0.25) is 0 Å². The van der Waals surface area contributed by atoms with Crippen LogP contribution >= 0.6 is 11.8 Å². The molecule has 1 rings (SSSR count). The van der Waals surface area contributed by atoms with Crippen molar-refractivity contribution in [2.45, 2.75) is 10.4 Å². The summed E-state index contributed by atoms with van der Waals surface area (Å²) in [6, 6.07) is 5.25. The van der Waals surface area contributed by atoms with Crippen LogP contribution in [-0.2, 0) is 9.53 Å². The van der Waals surface area contributed by atoms with Gasteiger partial charge < -0.3 is 9.47 Å². The van der Waals surface area contributed by atoms with Crippen molar-refractivity contribution < 1.29 is 27.4 Å². The Morgan fingerprint density at radius 2 is 1.88 bits per heavy atom. The number of halogens is 3. The van der Waals surface area contributed by atoms with Gasteiger partial charge in [0.05, 0.1) is 7.11 Å². The standard InChI is InChI=1S/C10H9F3O3S/c1-15-9(14)6-16-7-2-4-8(5-3-7)17-10(11,12)13/h2-5H,6H2,1H3. The van der Waals surface area contributed by atoms with E-state index in [0.717, 1.165) is 0 Å². The number of methoxy groups -OCH3 is 1. The lowest BCUT2D eigenvalue weighted by Gasteiger charge is -2.07. The van der Waals surface area contributed by atoms with E-state index in [-0.39, 0.29) is 23.3 Å². The molecule has 0 bridgehead atoms. The van der Waals surface area contributed by atoms with Gasteiger partial charge in [0.25, 0.3) is 0 Å². The fourth-order valence-electron chi connectivity index (χ4n) is 0.939. The number of esters is 1. The molecule has 3 nitrogen and oxygen atoms in total. The molecule has 0 aliphatic rings. The maximum absolute atomic E-state index is 12.0. The molecule has 0 unspecified atom stereocenters. The first-order chi connectivity index (χ1) is 7.90. The van der Waals surface area contributed by atoms with Crippen LogP contribution in [0.5, 0.6) is 5.75 Å². The molecular formula is C10H9F3O3S. The van der Waals surface area contributed by atoms with Crippen LogP contribution < -0.4 is 4.74 Å². The highest BCUT2D eigenvalue weighted by molar-refractivity contribution is 8.00. The van der Waals surface area contributed by atoms with E-state index in [1.165, 1.54) is 31.4 Å². The lowest BCUT2D eigenvalue weighted by molar-refractivity contribution is -0.142. The van der Waals surface area contributed by atoms with Gasteiger partial charge in [0.15, 0.2) is 6.61 Å². The Balaban J connectivity index is 2.53. The third-order valence-corrected chi connectivity index (χ3v) is 2.38. The molecule has 94 valence electrons. The molecule has 0 amide bonds. The normalized spacial score (nSPS) is 11.1. The van der Waals surface area contributed by atoms with E-state index < -0.39 is 11.5 Å².